The minimum Gasteiger partial charge on any atom is -0.454 e. The van der Waals surface area contributed by atoms with Crippen molar-refractivity contribution in [3.63, 3.8) is 0 Å². The molecule has 2 rings (SSSR count). The quantitative estimate of drug-likeness (QED) is 0.798. The number of hydrogen-bond donors (Lipinski definition) is 1. The highest BCUT2D eigenvalue weighted by Gasteiger charge is 2.13. The highest BCUT2D eigenvalue weighted by atomic mass is 19.1. The summed E-state index contributed by atoms with van der Waals surface area (Å²) >= 11 is 0. The Morgan fingerprint density at radius 2 is 1.81 bits per heavy atom. The van der Waals surface area contributed by atoms with Crippen LogP contribution in [0, 0.1) is 17.5 Å². The second-order valence-corrected chi connectivity index (χ2v) is 4.57. The summed E-state index contributed by atoms with van der Waals surface area (Å²) in [4.78, 5) is 0. The zero-order chi connectivity index (χ0) is 15.2. The number of benzene rings is 2. The highest BCUT2D eigenvalue weighted by molar-refractivity contribution is 5.39. The van der Waals surface area contributed by atoms with E-state index in [-0.39, 0.29) is 23.6 Å². The van der Waals surface area contributed by atoms with Crippen LogP contribution in [0.15, 0.2) is 36.4 Å². The third-order valence-corrected chi connectivity index (χ3v) is 2.92. The first-order valence-electron chi connectivity index (χ1n) is 6.73. The van der Waals surface area contributed by atoms with Crippen molar-refractivity contribution in [1.82, 2.24) is 5.32 Å². The first-order valence-corrected chi connectivity index (χ1v) is 6.73. The molecular weight excluding hydrogens is 279 g/mol. The van der Waals surface area contributed by atoms with Crippen molar-refractivity contribution in [2.45, 2.75) is 19.9 Å². The molecule has 0 aliphatic carbocycles. The molecule has 21 heavy (non-hydrogen) atoms. The van der Waals surface area contributed by atoms with Gasteiger partial charge < -0.3 is 10.1 Å². The van der Waals surface area contributed by atoms with Gasteiger partial charge in [0, 0.05) is 18.2 Å². The lowest BCUT2D eigenvalue weighted by Crippen LogP contribution is -2.15. The third-order valence-electron chi connectivity index (χ3n) is 2.92. The standard InChI is InChI=1S/C16H16F3NO/c1-2-8-20-10-12-13(18)4-3-5-15(12)21-16-9-11(17)6-7-14(16)19/h3-7,9,20H,2,8,10H2,1H3. The highest BCUT2D eigenvalue weighted by Crippen LogP contribution is 2.29. The van der Waals surface area contributed by atoms with Crippen LogP contribution in [-0.4, -0.2) is 6.54 Å². The van der Waals surface area contributed by atoms with E-state index in [4.69, 9.17) is 4.74 Å². The molecule has 0 aliphatic heterocycles. The van der Waals surface area contributed by atoms with Crippen molar-refractivity contribution in [2.24, 2.45) is 0 Å². The van der Waals surface area contributed by atoms with Gasteiger partial charge in [-0.25, -0.2) is 13.2 Å². The van der Waals surface area contributed by atoms with Crippen LogP contribution in [0.5, 0.6) is 11.5 Å². The lowest BCUT2D eigenvalue weighted by Gasteiger charge is -2.13. The molecular formula is C16H16F3NO. The first kappa shape index (κ1) is 15.4. The molecule has 112 valence electrons. The Balaban J connectivity index is 2.26. The molecule has 0 saturated heterocycles. The molecule has 0 spiro atoms. The van der Waals surface area contributed by atoms with Crippen molar-refractivity contribution in [2.75, 3.05) is 6.54 Å². The van der Waals surface area contributed by atoms with Gasteiger partial charge in [0.15, 0.2) is 11.6 Å². The zero-order valence-electron chi connectivity index (χ0n) is 11.6. The smallest absolute Gasteiger partial charge is 0.165 e. The Labute approximate surface area is 121 Å². The van der Waals surface area contributed by atoms with Crippen molar-refractivity contribution in [3.05, 3.63) is 59.4 Å². The van der Waals surface area contributed by atoms with Gasteiger partial charge in [0.2, 0.25) is 0 Å². The van der Waals surface area contributed by atoms with E-state index in [9.17, 15) is 13.2 Å². The van der Waals surface area contributed by atoms with E-state index < -0.39 is 17.5 Å². The van der Waals surface area contributed by atoms with E-state index in [2.05, 4.69) is 5.32 Å². The minimum absolute atomic E-state index is 0.170. The molecule has 0 atom stereocenters. The summed E-state index contributed by atoms with van der Waals surface area (Å²) in [7, 11) is 0. The SMILES string of the molecule is CCCNCc1c(F)cccc1Oc1cc(F)ccc1F. The van der Waals surface area contributed by atoms with Gasteiger partial charge in [-0.2, -0.15) is 0 Å². The maximum atomic E-state index is 13.9. The monoisotopic (exact) mass is 295 g/mol. The van der Waals surface area contributed by atoms with E-state index in [1.54, 1.807) is 0 Å². The van der Waals surface area contributed by atoms with Gasteiger partial charge in [0.25, 0.3) is 0 Å². The fourth-order valence-corrected chi connectivity index (χ4v) is 1.87. The van der Waals surface area contributed by atoms with E-state index in [0.29, 0.717) is 0 Å². The molecule has 0 aliphatic rings. The van der Waals surface area contributed by atoms with Crippen LogP contribution in [0.3, 0.4) is 0 Å². The Morgan fingerprint density at radius 1 is 1.00 bits per heavy atom. The minimum atomic E-state index is -0.701. The summed E-state index contributed by atoms with van der Waals surface area (Å²) < 4.78 is 45.9. The second-order valence-electron chi connectivity index (χ2n) is 4.57. The summed E-state index contributed by atoms with van der Waals surface area (Å²) in [5.41, 5.74) is 0.287. The maximum Gasteiger partial charge on any atom is 0.165 e. The maximum absolute atomic E-state index is 13.9. The zero-order valence-corrected chi connectivity index (χ0v) is 11.6. The summed E-state index contributed by atoms with van der Waals surface area (Å²) in [5, 5.41) is 3.06. The first-order chi connectivity index (χ1) is 10.1. The lowest BCUT2D eigenvalue weighted by molar-refractivity contribution is 0.424. The van der Waals surface area contributed by atoms with Gasteiger partial charge in [-0.3, -0.25) is 0 Å². The molecule has 2 nitrogen and oxygen atoms in total. The Hall–Kier alpha value is -2.01. The number of halogens is 3. The normalized spacial score (nSPS) is 10.7. The summed E-state index contributed by atoms with van der Waals surface area (Å²) in [5.74, 6) is -1.87. The Kier molecular flexibility index (Phi) is 5.22. The predicted octanol–water partition coefficient (Wildman–Crippen LogP) is 4.40. The van der Waals surface area contributed by atoms with E-state index >= 15 is 0 Å². The van der Waals surface area contributed by atoms with Gasteiger partial charge >= 0.3 is 0 Å². The van der Waals surface area contributed by atoms with Gasteiger partial charge in [0.05, 0.1) is 0 Å². The molecule has 0 fully saturated rings. The van der Waals surface area contributed by atoms with Gasteiger partial charge in [-0.05, 0) is 37.2 Å². The van der Waals surface area contributed by atoms with Gasteiger partial charge in [0.1, 0.15) is 17.4 Å². The van der Waals surface area contributed by atoms with Gasteiger partial charge in [-0.1, -0.05) is 13.0 Å². The van der Waals surface area contributed by atoms with Crippen molar-refractivity contribution in [3.8, 4) is 11.5 Å². The molecule has 0 radical (unpaired) electrons. The fraction of sp³-hybridized carbons (Fsp3) is 0.250. The van der Waals surface area contributed by atoms with Crippen molar-refractivity contribution < 1.29 is 17.9 Å². The summed E-state index contributed by atoms with van der Waals surface area (Å²) in [6.45, 7) is 2.97. The number of hydrogen-bond acceptors (Lipinski definition) is 2. The van der Waals surface area contributed by atoms with Crippen molar-refractivity contribution >= 4 is 0 Å². The molecule has 0 amide bonds. The molecule has 2 aromatic rings. The average molecular weight is 295 g/mol. The van der Waals surface area contributed by atoms with E-state index in [1.807, 2.05) is 6.92 Å². The van der Waals surface area contributed by atoms with Crippen molar-refractivity contribution in [1.29, 1.82) is 0 Å². The number of nitrogens with one attached hydrogen (secondary N) is 1. The molecule has 0 saturated carbocycles. The van der Waals surface area contributed by atoms with Crippen LogP contribution in [-0.2, 0) is 6.54 Å². The average Bonchev–Trinajstić information content (AvgIpc) is 2.46. The number of ether oxygens (including phenoxy) is 1. The Morgan fingerprint density at radius 3 is 2.57 bits per heavy atom. The second kappa shape index (κ2) is 7.13. The molecule has 0 heterocycles. The molecule has 0 bridgehead atoms. The van der Waals surface area contributed by atoms with Gasteiger partial charge in [-0.15, -0.1) is 0 Å². The van der Waals surface area contributed by atoms with Crippen LogP contribution in [0.1, 0.15) is 18.9 Å². The third kappa shape index (κ3) is 3.98. The summed E-state index contributed by atoms with van der Waals surface area (Å²) in [6, 6.07) is 7.19. The number of rotatable bonds is 6. The van der Waals surface area contributed by atoms with Crippen LogP contribution >= 0.6 is 0 Å². The molecule has 0 unspecified atom stereocenters. The lowest BCUT2D eigenvalue weighted by atomic mass is 10.2. The molecule has 2 aromatic carbocycles. The van der Waals surface area contributed by atoms with Crippen LogP contribution < -0.4 is 10.1 Å². The van der Waals surface area contributed by atoms with E-state index in [1.165, 1.54) is 18.2 Å². The van der Waals surface area contributed by atoms with Crippen LogP contribution in [0.2, 0.25) is 0 Å². The van der Waals surface area contributed by atoms with Crippen LogP contribution in [0.4, 0.5) is 13.2 Å². The largest absolute Gasteiger partial charge is 0.454 e. The fourth-order valence-electron chi connectivity index (χ4n) is 1.87. The van der Waals surface area contributed by atoms with Crippen LogP contribution in [0.25, 0.3) is 0 Å². The topological polar surface area (TPSA) is 21.3 Å². The Bertz CT molecular complexity index is 616. The molecule has 5 heteroatoms. The van der Waals surface area contributed by atoms with E-state index in [0.717, 1.165) is 31.2 Å². The molecule has 1 N–H and O–H groups in total. The molecule has 0 aromatic heterocycles. The predicted molar refractivity (Wildman–Crippen MR) is 74.8 cm³/mol. The summed E-state index contributed by atoms with van der Waals surface area (Å²) in [6.07, 6.45) is 0.906.